The van der Waals surface area contributed by atoms with Crippen LogP contribution in [0.15, 0.2) is 11.4 Å². The van der Waals surface area contributed by atoms with Crippen LogP contribution in [-0.2, 0) is 10.2 Å². The molecule has 1 unspecified atom stereocenters. The maximum atomic E-state index is 10.8. The van der Waals surface area contributed by atoms with E-state index in [-0.39, 0.29) is 0 Å². The first-order valence-corrected chi connectivity index (χ1v) is 5.28. The number of rotatable bonds is 3. The van der Waals surface area contributed by atoms with Gasteiger partial charge in [0.25, 0.3) is 0 Å². The summed E-state index contributed by atoms with van der Waals surface area (Å²) in [6.45, 7) is 5.71. The Hall–Kier alpha value is -0.870. The van der Waals surface area contributed by atoms with E-state index in [2.05, 4.69) is 0 Å². The predicted octanol–water partition coefficient (Wildman–Crippen LogP) is 1.75. The smallest absolute Gasteiger partial charge is 0.321 e. The molecule has 1 aromatic rings. The fraction of sp³-hybridized carbons (Fsp3) is 0.500. The zero-order chi connectivity index (χ0) is 10.9. The van der Waals surface area contributed by atoms with Crippen molar-refractivity contribution >= 4 is 17.3 Å². The quantitative estimate of drug-likeness (QED) is 0.804. The lowest BCUT2D eigenvalue weighted by Crippen LogP contribution is -2.46. The standard InChI is InChI=1S/C10H15NO2S/c1-6-4-5-14-8(6)10(2,3)7(11)9(12)13/h4-5,7H,11H2,1-3H3,(H,12,13). The van der Waals surface area contributed by atoms with Gasteiger partial charge in [0.2, 0.25) is 0 Å². The van der Waals surface area contributed by atoms with Crippen molar-refractivity contribution < 1.29 is 9.90 Å². The molecule has 0 saturated heterocycles. The molecule has 0 fully saturated rings. The second-order valence-electron chi connectivity index (χ2n) is 3.97. The Labute approximate surface area is 87.6 Å². The third kappa shape index (κ3) is 1.81. The number of hydrogen-bond donors (Lipinski definition) is 2. The second kappa shape index (κ2) is 3.71. The van der Waals surface area contributed by atoms with E-state index in [0.29, 0.717) is 0 Å². The number of aryl methyl sites for hydroxylation is 1. The summed E-state index contributed by atoms with van der Waals surface area (Å²) in [5.74, 6) is -0.956. The first-order valence-electron chi connectivity index (χ1n) is 4.40. The molecule has 1 heterocycles. The molecule has 3 nitrogen and oxygen atoms in total. The Bertz CT molecular complexity index is 344. The lowest BCUT2D eigenvalue weighted by molar-refractivity contribution is -0.140. The molecule has 14 heavy (non-hydrogen) atoms. The molecular weight excluding hydrogens is 198 g/mol. The van der Waals surface area contributed by atoms with E-state index in [9.17, 15) is 4.79 Å². The average Bonchev–Trinajstić information content (AvgIpc) is 2.50. The molecule has 0 aliphatic carbocycles. The van der Waals surface area contributed by atoms with Crippen molar-refractivity contribution in [3.8, 4) is 0 Å². The lowest BCUT2D eigenvalue weighted by Gasteiger charge is -2.28. The third-order valence-corrected chi connectivity index (χ3v) is 3.85. The summed E-state index contributed by atoms with van der Waals surface area (Å²) in [5, 5.41) is 10.8. The van der Waals surface area contributed by atoms with Crippen molar-refractivity contribution in [1.82, 2.24) is 0 Å². The van der Waals surface area contributed by atoms with E-state index < -0.39 is 17.4 Å². The molecule has 4 heteroatoms. The van der Waals surface area contributed by atoms with E-state index in [0.717, 1.165) is 10.4 Å². The maximum Gasteiger partial charge on any atom is 0.321 e. The van der Waals surface area contributed by atoms with Crippen LogP contribution in [-0.4, -0.2) is 17.1 Å². The van der Waals surface area contributed by atoms with Gasteiger partial charge in [0.1, 0.15) is 6.04 Å². The van der Waals surface area contributed by atoms with Gasteiger partial charge >= 0.3 is 5.97 Å². The predicted molar refractivity (Wildman–Crippen MR) is 57.7 cm³/mol. The van der Waals surface area contributed by atoms with Crippen molar-refractivity contribution in [1.29, 1.82) is 0 Å². The molecule has 0 aliphatic heterocycles. The van der Waals surface area contributed by atoms with Crippen LogP contribution < -0.4 is 5.73 Å². The molecule has 0 saturated carbocycles. The largest absolute Gasteiger partial charge is 0.480 e. The number of aliphatic carboxylic acids is 1. The molecule has 0 radical (unpaired) electrons. The lowest BCUT2D eigenvalue weighted by atomic mass is 9.82. The maximum absolute atomic E-state index is 10.8. The van der Waals surface area contributed by atoms with Gasteiger partial charge < -0.3 is 10.8 Å². The highest BCUT2D eigenvalue weighted by Gasteiger charge is 2.35. The number of carboxylic acids is 1. The molecule has 0 aliphatic rings. The molecule has 0 aromatic carbocycles. The highest BCUT2D eigenvalue weighted by molar-refractivity contribution is 7.10. The minimum atomic E-state index is -0.956. The molecule has 78 valence electrons. The third-order valence-electron chi connectivity index (χ3n) is 2.49. The van der Waals surface area contributed by atoms with Crippen LogP contribution in [0.3, 0.4) is 0 Å². The second-order valence-corrected chi connectivity index (χ2v) is 4.89. The van der Waals surface area contributed by atoms with Crippen molar-refractivity contribution in [3.63, 3.8) is 0 Å². The van der Waals surface area contributed by atoms with Gasteiger partial charge in [-0.1, -0.05) is 13.8 Å². The highest BCUT2D eigenvalue weighted by atomic mass is 32.1. The van der Waals surface area contributed by atoms with Gasteiger partial charge in [-0.05, 0) is 23.9 Å². The van der Waals surface area contributed by atoms with Crippen molar-refractivity contribution in [2.45, 2.75) is 32.2 Å². The Morgan fingerprint density at radius 3 is 2.57 bits per heavy atom. The Morgan fingerprint density at radius 1 is 1.64 bits per heavy atom. The van der Waals surface area contributed by atoms with E-state index in [4.69, 9.17) is 10.8 Å². The monoisotopic (exact) mass is 213 g/mol. The molecule has 1 aromatic heterocycles. The number of nitrogens with two attached hydrogens (primary N) is 1. The molecule has 1 atom stereocenters. The Balaban J connectivity index is 3.07. The van der Waals surface area contributed by atoms with Gasteiger partial charge in [-0.15, -0.1) is 11.3 Å². The minimum Gasteiger partial charge on any atom is -0.480 e. The van der Waals surface area contributed by atoms with E-state index in [1.165, 1.54) is 0 Å². The fourth-order valence-corrected chi connectivity index (χ4v) is 2.58. The van der Waals surface area contributed by atoms with Gasteiger partial charge in [0.05, 0.1) is 0 Å². The highest BCUT2D eigenvalue weighted by Crippen LogP contribution is 2.33. The molecular formula is C10H15NO2S. The number of hydrogen-bond acceptors (Lipinski definition) is 3. The summed E-state index contributed by atoms with van der Waals surface area (Å²) < 4.78 is 0. The first kappa shape index (κ1) is 11.2. The van der Waals surface area contributed by atoms with E-state index in [1.54, 1.807) is 11.3 Å². The zero-order valence-corrected chi connectivity index (χ0v) is 9.39. The summed E-state index contributed by atoms with van der Waals surface area (Å²) in [7, 11) is 0. The van der Waals surface area contributed by atoms with Crippen LogP contribution in [0.5, 0.6) is 0 Å². The van der Waals surface area contributed by atoms with Crippen LogP contribution in [0.4, 0.5) is 0 Å². The van der Waals surface area contributed by atoms with Crippen LogP contribution >= 0.6 is 11.3 Å². The molecule has 1 rings (SSSR count). The van der Waals surface area contributed by atoms with Crippen LogP contribution in [0.25, 0.3) is 0 Å². The normalized spacial score (nSPS) is 14.0. The summed E-state index contributed by atoms with van der Waals surface area (Å²) in [4.78, 5) is 11.9. The first-order chi connectivity index (χ1) is 6.37. The minimum absolute atomic E-state index is 0.510. The van der Waals surface area contributed by atoms with E-state index in [1.807, 2.05) is 32.2 Å². The van der Waals surface area contributed by atoms with Crippen molar-refractivity contribution in [3.05, 3.63) is 21.9 Å². The van der Waals surface area contributed by atoms with Crippen molar-refractivity contribution in [2.75, 3.05) is 0 Å². The van der Waals surface area contributed by atoms with Gasteiger partial charge in [-0.3, -0.25) is 4.79 Å². The SMILES string of the molecule is Cc1ccsc1C(C)(C)C(N)C(=O)O. The number of carbonyl (C=O) groups is 1. The average molecular weight is 213 g/mol. The summed E-state index contributed by atoms with van der Waals surface area (Å²) in [6.07, 6.45) is 0. The Morgan fingerprint density at radius 2 is 2.21 bits per heavy atom. The molecule has 0 bridgehead atoms. The Kier molecular flexibility index (Phi) is 2.97. The molecule has 3 N–H and O–H groups in total. The van der Waals surface area contributed by atoms with Gasteiger partial charge in [-0.2, -0.15) is 0 Å². The zero-order valence-electron chi connectivity index (χ0n) is 8.57. The van der Waals surface area contributed by atoms with Gasteiger partial charge in [-0.25, -0.2) is 0 Å². The van der Waals surface area contributed by atoms with Crippen LogP contribution in [0.2, 0.25) is 0 Å². The number of thiophene rings is 1. The topological polar surface area (TPSA) is 63.3 Å². The number of carboxylic acid groups (broad SMARTS) is 1. The summed E-state index contributed by atoms with van der Waals surface area (Å²) >= 11 is 1.56. The summed E-state index contributed by atoms with van der Waals surface area (Å²) in [5.41, 5.74) is 6.26. The molecule has 0 amide bonds. The molecule has 0 spiro atoms. The summed E-state index contributed by atoms with van der Waals surface area (Å²) in [6, 6.07) is 1.12. The van der Waals surface area contributed by atoms with Crippen LogP contribution in [0.1, 0.15) is 24.3 Å². The fourth-order valence-electron chi connectivity index (χ4n) is 1.48. The van der Waals surface area contributed by atoms with Gasteiger partial charge in [0, 0.05) is 10.3 Å². The van der Waals surface area contributed by atoms with Crippen LogP contribution in [0, 0.1) is 6.92 Å². The van der Waals surface area contributed by atoms with E-state index >= 15 is 0 Å². The van der Waals surface area contributed by atoms with Crippen molar-refractivity contribution in [2.24, 2.45) is 5.73 Å². The van der Waals surface area contributed by atoms with Gasteiger partial charge in [0.15, 0.2) is 0 Å².